The first-order chi connectivity index (χ1) is 10.6. The van der Waals surface area contributed by atoms with Crippen LogP contribution in [-0.4, -0.2) is 43.0 Å². The van der Waals surface area contributed by atoms with Crippen molar-refractivity contribution in [1.29, 1.82) is 0 Å². The van der Waals surface area contributed by atoms with Crippen molar-refractivity contribution >= 4 is 15.9 Å². The second-order valence-corrected chi connectivity index (χ2v) is 9.99. The van der Waals surface area contributed by atoms with Gasteiger partial charge in [-0.1, -0.05) is 26.8 Å². The lowest BCUT2D eigenvalue weighted by Gasteiger charge is -2.34. The normalized spacial score (nSPS) is 29.5. The predicted octanol–water partition coefficient (Wildman–Crippen LogP) is 2.44. The van der Waals surface area contributed by atoms with E-state index in [1.165, 1.54) is 0 Å². The molecular weight excluding hydrogens is 312 g/mol. The van der Waals surface area contributed by atoms with E-state index < -0.39 is 10.0 Å². The summed E-state index contributed by atoms with van der Waals surface area (Å²) in [5.41, 5.74) is 0.741. The maximum Gasteiger partial charge on any atom is 0.246 e. The highest BCUT2D eigenvalue weighted by atomic mass is 32.2. The van der Waals surface area contributed by atoms with Crippen LogP contribution in [0.3, 0.4) is 0 Å². The van der Waals surface area contributed by atoms with E-state index in [2.05, 4.69) is 26.1 Å². The number of nitrogens with one attached hydrogen (secondary N) is 1. The lowest BCUT2D eigenvalue weighted by atomic mass is 9.90. The van der Waals surface area contributed by atoms with Crippen LogP contribution in [0.15, 0.2) is 11.6 Å². The van der Waals surface area contributed by atoms with Crippen LogP contribution in [0.25, 0.3) is 0 Å². The minimum atomic E-state index is -3.02. The van der Waals surface area contributed by atoms with Crippen LogP contribution < -0.4 is 5.32 Å². The average molecular weight is 343 g/mol. The summed E-state index contributed by atoms with van der Waals surface area (Å²) in [5, 5.41) is 3.10. The molecule has 1 aliphatic heterocycles. The van der Waals surface area contributed by atoms with Gasteiger partial charge in [0.2, 0.25) is 15.9 Å². The Hall–Kier alpha value is -0.880. The summed E-state index contributed by atoms with van der Waals surface area (Å²) in [4.78, 5) is 12.2. The van der Waals surface area contributed by atoms with E-state index in [-0.39, 0.29) is 23.4 Å². The third kappa shape index (κ3) is 5.05. The van der Waals surface area contributed by atoms with Crippen molar-refractivity contribution in [3.8, 4) is 0 Å². The maximum absolute atomic E-state index is 12.2. The van der Waals surface area contributed by atoms with Gasteiger partial charge in [-0.05, 0) is 44.4 Å². The van der Waals surface area contributed by atoms with Gasteiger partial charge in [0.1, 0.15) is 0 Å². The fraction of sp³-hybridized carbons (Fsp3) is 0.824. The molecule has 132 valence electrons. The van der Waals surface area contributed by atoms with Gasteiger partial charge in [-0.2, -0.15) is 4.31 Å². The van der Waals surface area contributed by atoms with Crippen LogP contribution in [-0.2, 0) is 14.8 Å². The molecule has 0 aromatic carbocycles. The molecule has 0 aromatic rings. The lowest BCUT2D eigenvalue weighted by Crippen LogP contribution is -2.44. The standard InChI is InChI=1S/C17H30N2O3S/c1-13(12-17(2,3)4)16(20)18-14-6-8-15(9-7-14)19-10-5-11-23(19,21)22/h12,14-15H,5-11H2,1-4H3,(H,18,20)/b13-12+. The van der Waals surface area contributed by atoms with Crippen molar-refractivity contribution in [2.24, 2.45) is 5.41 Å². The Morgan fingerprint density at radius 1 is 1.17 bits per heavy atom. The minimum Gasteiger partial charge on any atom is -0.350 e. The Balaban J connectivity index is 1.86. The van der Waals surface area contributed by atoms with Gasteiger partial charge >= 0.3 is 0 Å². The zero-order valence-corrected chi connectivity index (χ0v) is 15.6. The van der Waals surface area contributed by atoms with Crippen LogP contribution in [0.4, 0.5) is 0 Å². The van der Waals surface area contributed by atoms with Crippen LogP contribution in [0.2, 0.25) is 0 Å². The average Bonchev–Trinajstić information content (AvgIpc) is 2.77. The SMILES string of the molecule is C/C(=C\C(C)(C)C)C(=O)NC1CCC(N2CCCS2(=O)=O)CC1. The molecule has 1 N–H and O–H groups in total. The Labute approximate surface area is 140 Å². The van der Waals surface area contributed by atoms with E-state index in [4.69, 9.17) is 0 Å². The molecular formula is C17H30N2O3S. The van der Waals surface area contributed by atoms with E-state index in [1.807, 2.05) is 13.0 Å². The highest BCUT2D eigenvalue weighted by Gasteiger charge is 2.36. The van der Waals surface area contributed by atoms with E-state index in [9.17, 15) is 13.2 Å². The fourth-order valence-electron chi connectivity index (χ4n) is 3.59. The topological polar surface area (TPSA) is 66.5 Å². The maximum atomic E-state index is 12.2. The number of carbonyl (C=O) groups is 1. The smallest absolute Gasteiger partial charge is 0.246 e. The van der Waals surface area contributed by atoms with Crippen LogP contribution >= 0.6 is 0 Å². The van der Waals surface area contributed by atoms with Crippen molar-refractivity contribution in [3.05, 3.63) is 11.6 Å². The van der Waals surface area contributed by atoms with E-state index in [0.29, 0.717) is 12.3 Å². The van der Waals surface area contributed by atoms with E-state index in [0.717, 1.165) is 37.7 Å². The summed E-state index contributed by atoms with van der Waals surface area (Å²) in [6.45, 7) is 8.74. The molecule has 23 heavy (non-hydrogen) atoms. The number of hydrogen-bond acceptors (Lipinski definition) is 3. The number of carbonyl (C=O) groups excluding carboxylic acids is 1. The Kier molecular flexibility index (Phi) is 5.56. The van der Waals surface area contributed by atoms with Gasteiger partial charge in [-0.15, -0.1) is 0 Å². The Morgan fingerprint density at radius 2 is 1.78 bits per heavy atom. The van der Waals surface area contributed by atoms with Crippen molar-refractivity contribution < 1.29 is 13.2 Å². The number of hydrogen-bond donors (Lipinski definition) is 1. The van der Waals surface area contributed by atoms with Crippen molar-refractivity contribution in [3.63, 3.8) is 0 Å². The van der Waals surface area contributed by atoms with Crippen molar-refractivity contribution in [2.45, 2.75) is 71.9 Å². The minimum absolute atomic E-state index is 0.00262. The number of allylic oxidation sites excluding steroid dienone is 1. The van der Waals surface area contributed by atoms with Gasteiger partial charge in [-0.3, -0.25) is 4.79 Å². The molecule has 1 aliphatic carbocycles. The number of amides is 1. The van der Waals surface area contributed by atoms with Gasteiger partial charge in [-0.25, -0.2) is 8.42 Å². The summed E-state index contributed by atoms with van der Waals surface area (Å²) in [5.74, 6) is 0.289. The molecule has 0 aromatic heterocycles. The lowest BCUT2D eigenvalue weighted by molar-refractivity contribution is -0.118. The second-order valence-electron chi connectivity index (χ2n) is 7.95. The first-order valence-corrected chi connectivity index (χ1v) is 10.2. The Bertz CT molecular complexity index is 567. The molecule has 1 heterocycles. The van der Waals surface area contributed by atoms with Crippen LogP contribution in [0.1, 0.15) is 59.8 Å². The van der Waals surface area contributed by atoms with Gasteiger partial charge in [0.25, 0.3) is 0 Å². The first kappa shape index (κ1) is 18.5. The molecule has 0 radical (unpaired) electrons. The molecule has 2 aliphatic rings. The molecule has 1 saturated carbocycles. The summed E-state index contributed by atoms with van der Waals surface area (Å²) < 4.78 is 25.7. The first-order valence-electron chi connectivity index (χ1n) is 8.58. The van der Waals surface area contributed by atoms with Gasteiger partial charge in [0, 0.05) is 24.2 Å². The Morgan fingerprint density at radius 3 is 2.26 bits per heavy atom. The molecule has 1 amide bonds. The zero-order valence-electron chi connectivity index (χ0n) is 14.8. The number of rotatable bonds is 3. The highest BCUT2D eigenvalue weighted by molar-refractivity contribution is 7.89. The number of nitrogens with zero attached hydrogens (tertiary/aromatic N) is 1. The third-order valence-corrected chi connectivity index (χ3v) is 6.58. The molecule has 0 atom stereocenters. The molecule has 2 rings (SSSR count). The second kappa shape index (κ2) is 6.93. The molecule has 1 saturated heterocycles. The largest absolute Gasteiger partial charge is 0.350 e. The summed E-state index contributed by atoms with van der Waals surface area (Å²) >= 11 is 0. The molecule has 5 nitrogen and oxygen atoms in total. The molecule has 0 unspecified atom stereocenters. The third-order valence-electron chi connectivity index (χ3n) is 4.58. The molecule has 0 bridgehead atoms. The van der Waals surface area contributed by atoms with Crippen LogP contribution in [0, 0.1) is 5.41 Å². The fourth-order valence-corrected chi connectivity index (χ4v) is 5.39. The van der Waals surface area contributed by atoms with Gasteiger partial charge < -0.3 is 5.32 Å². The van der Waals surface area contributed by atoms with Gasteiger partial charge in [0.05, 0.1) is 5.75 Å². The zero-order chi connectivity index (χ0) is 17.3. The number of sulfonamides is 1. The van der Waals surface area contributed by atoms with Crippen LogP contribution in [0.5, 0.6) is 0 Å². The van der Waals surface area contributed by atoms with E-state index >= 15 is 0 Å². The van der Waals surface area contributed by atoms with Crippen molar-refractivity contribution in [2.75, 3.05) is 12.3 Å². The van der Waals surface area contributed by atoms with E-state index in [1.54, 1.807) is 4.31 Å². The molecule has 6 heteroatoms. The summed E-state index contributed by atoms with van der Waals surface area (Å²) in [6, 6.07) is 0.286. The van der Waals surface area contributed by atoms with Crippen molar-refractivity contribution in [1.82, 2.24) is 9.62 Å². The molecule has 2 fully saturated rings. The monoisotopic (exact) mass is 342 g/mol. The quantitative estimate of drug-likeness (QED) is 0.801. The predicted molar refractivity (Wildman–Crippen MR) is 92.5 cm³/mol. The highest BCUT2D eigenvalue weighted by Crippen LogP contribution is 2.28. The summed E-state index contributed by atoms with van der Waals surface area (Å²) in [6.07, 6.45) is 6.12. The summed E-state index contributed by atoms with van der Waals surface area (Å²) in [7, 11) is -3.02. The van der Waals surface area contributed by atoms with Gasteiger partial charge in [0.15, 0.2) is 0 Å². The molecule has 0 spiro atoms.